The molecule has 2 aromatic carbocycles. The van der Waals surface area contributed by atoms with E-state index in [2.05, 4.69) is 25.7 Å². The predicted octanol–water partition coefficient (Wildman–Crippen LogP) is 4.12. The molecule has 4 aromatic rings. The lowest BCUT2D eigenvalue weighted by Crippen LogP contribution is -2.31. The first-order chi connectivity index (χ1) is 18.3. The molecule has 196 valence electrons. The number of aryl methyl sites for hydroxylation is 1. The summed E-state index contributed by atoms with van der Waals surface area (Å²) in [6.45, 7) is 1.69. The van der Waals surface area contributed by atoms with Gasteiger partial charge in [-0.25, -0.2) is 4.68 Å². The second-order valence-electron chi connectivity index (χ2n) is 8.31. The molecule has 0 spiro atoms. The molecular weight excluding hydrogens is 508 g/mol. The SMILES string of the molecule is COc1cc(-c2nc(Nc3ccc(N)c(C=N)c3Cl)n(C)n2)ccc1OCC(=O)NC(C)c1cccnc1. The van der Waals surface area contributed by atoms with Crippen LogP contribution in [0.15, 0.2) is 54.9 Å². The number of nitrogens with zero attached hydrogens (tertiary/aromatic N) is 4. The summed E-state index contributed by atoms with van der Waals surface area (Å²) in [4.78, 5) is 21.0. The lowest BCUT2D eigenvalue weighted by atomic mass is 10.1. The molecule has 0 aliphatic carbocycles. The third-order valence-corrected chi connectivity index (χ3v) is 6.12. The molecule has 0 aliphatic rings. The van der Waals surface area contributed by atoms with E-state index in [1.165, 1.54) is 7.11 Å². The third-order valence-electron chi connectivity index (χ3n) is 5.71. The Balaban J connectivity index is 1.46. The summed E-state index contributed by atoms with van der Waals surface area (Å²) in [5.74, 6) is 1.42. The fourth-order valence-corrected chi connectivity index (χ4v) is 3.93. The number of aromatic nitrogens is 4. The van der Waals surface area contributed by atoms with Crippen LogP contribution in [0, 0.1) is 5.41 Å². The summed E-state index contributed by atoms with van der Waals surface area (Å²) in [6.07, 6.45) is 4.49. The summed E-state index contributed by atoms with van der Waals surface area (Å²) in [7, 11) is 3.25. The predicted molar refractivity (Wildman–Crippen MR) is 146 cm³/mol. The molecule has 4 rings (SSSR count). The summed E-state index contributed by atoms with van der Waals surface area (Å²) < 4.78 is 12.8. The van der Waals surface area contributed by atoms with E-state index in [-0.39, 0.29) is 18.6 Å². The number of pyridine rings is 1. The zero-order chi connectivity index (χ0) is 27.2. The molecular formula is C26H27ClN8O3. The van der Waals surface area contributed by atoms with Crippen LogP contribution in [0.5, 0.6) is 11.5 Å². The monoisotopic (exact) mass is 534 g/mol. The molecule has 0 bridgehead atoms. The summed E-state index contributed by atoms with van der Waals surface area (Å²) >= 11 is 6.40. The highest BCUT2D eigenvalue weighted by Gasteiger charge is 2.16. The molecule has 12 heteroatoms. The second kappa shape index (κ2) is 11.6. The number of carbonyl (C=O) groups excluding carboxylic acids is 1. The summed E-state index contributed by atoms with van der Waals surface area (Å²) in [6, 6.07) is 12.1. The molecule has 11 nitrogen and oxygen atoms in total. The van der Waals surface area contributed by atoms with E-state index in [0.717, 1.165) is 11.8 Å². The maximum atomic E-state index is 12.4. The van der Waals surface area contributed by atoms with Crippen LogP contribution < -0.4 is 25.8 Å². The Hall–Kier alpha value is -4.64. The van der Waals surface area contributed by atoms with Crippen molar-refractivity contribution in [2.24, 2.45) is 7.05 Å². The van der Waals surface area contributed by atoms with Gasteiger partial charge < -0.3 is 31.3 Å². The van der Waals surface area contributed by atoms with Crippen LogP contribution in [-0.4, -0.2) is 45.6 Å². The van der Waals surface area contributed by atoms with Gasteiger partial charge in [0.2, 0.25) is 5.95 Å². The minimum Gasteiger partial charge on any atom is -0.493 e. The molecule has 0 saturated heterocycles. The fourth-order valence-electron chi connectivity index (χ4n) is 3.65. The Kier molecular flexibility index (Phi) is 8.07. The molecule has 38 heavy (non-hydrogen) atoms. The van der Waals surface area contributed by atoms with Crippen molar-refractivity contribution in [1.29, 1.82) is 5.41 Å². The first-order valence-corrected chi connectivity index (χ1v) is 12.0. The molecule has 0 radical (unpaired) electrons. The number of hydrogen-bond donors (Lipinski definition) is 4. The number of halogens is 1. The van der Waals surface area contributed by atoms with Gasteiger partial charge in [0.05, 0.1) is 23.9 Å². The van der Waals surface area contributed by atoms with Crippen LogP contribution in [0.3, 0.4) is 0 Å². The highest BCUT2D eigenvalue weighted by atomic mass is 35.5. The standard InChI is InChI=1S/C26H27ClN8O3/c1-15(17-5-4-10-30-13-17)31-23(36)14-38-21-9-6-16(11-22(21)37-3)25-33-26(35(2)34-25)32-20-8-7-19(29)18(12-28)24(20)27/h4-13,15,28H,14,29H2,1-3H3,(H,31,36)(H,32,33,34). The average molecular weight is 535 g/mol. The van der Waals surface area contributed by atoms with Crippen molar-refractivity contribution in [3.8, 4) is 22.9 Å². The number of carbonyl (C=O) groups is 1. The summed E-state index contributed by atoms with van der Waals surface area (Å²) in [5.41, 5.74) is 8.82. The molecule has 0 aliphatic heterocycles. The van der Waals surface area contributed by atoms with Crippen molar-refractivity contribution in [2.75, 3.05) is 24.8 Å². The van der Waals surface area contributed by atoms with E-state index >= 15 is 0 Å². The number of nitrogens with two attached hydrogens (primary N) is 1. The largest absolute Gasteiger partial charge is 0.493 e. The van der Waals surface area contributed by atoms with E-state index in [9.17, 15) is 4.79 Å². The second-order valence-corrected chi connectivity index (χ2v) is 8.69. The van der Waals surface area contributed by atoms with Crippen LogP contribution in [-0.2, 0) is 11.8 Å². The lowest BCUT2D eigenvalue weighted by Gasteiger charge is -2.15. The maximum absolute atomic E-state index is 12.4. The molecule has 0 fully saturated rings. The first kappa shape index (κ1) is 26.4. The minimum atomic E-state index is -0.276. The van der Waals surface area contributed by atoms with Gasteiger partial charge in [-0.05, 0) is 48.9 Å². The fraction of sp³-hybridized carbons (Fsp3) is 0.192. The number of hydrogen-bond acceptors (Lipinski definition) is 9. The van der Waals surface area contributed by atoms with Gasteiger partial charge in [-0.15, -0.1) is 5.10 Å². The maximum Gasteiger partial charge on any atom is 0.258 e. The molecule has 1 atom stereocenters. The van der Waals surface area contributed by atoms with Crippen LogP contribution in [0.4, 0.5) is 17.3 Å². The average Bonchev–Trinajstić information content (AvgIpc) is 3.29. The van der Waals surface area contributed by atoms with E-state index in [1.807, 2.05) is 19.1 Å². The van der Waals surface area contributed by atoms with Gasteiger partial charge in [0.25, 0.3) is 5.91 Å². The van der Waals surface area contributed by atoms with Crippen LogP contribution in [0.1, 0.15) is 24.1 Å². The Labute approximate surface area is 224 Å². The Morgan fingerprint density at radius 1 is 1.26 bits per heavy atom. The van der Waals surface area contributed by atoms with Crippen molar-refractivity contribution in [3.63, 3.8) is 0 Å². The Morgan fingerprint density at radius 2 is 2.08 bits per heavy atom. The van der Waals surface area contributed by atoms with Crippen molar-refractivity contribution < 1.29 is 14.3 Å². The van der Waals surface area contributed by atoms with Gasteiger partial charge in [0.1, 0.15) is 0 Å². The molecule has 2 heterocycles. The van der Waals surface area contributed by atoms with Crippen molar-refractivity contribution in [2.45, 2.75) is 13.0 Å². The molecule has 0 saturated carbocycles. The topological polar surface area (TPSA) is 153 Å². The van der Waals surface area contributed by atoms with Gasteiger partial charge in [0, 0.05) is 42.5 Å². The van der Waals surface area contributed by atoms with Gasteiger partial charge in [-0.3, -0.25) is 9.78 Å². The van der Waals surface area contributed by atoms with Gasteiger partial charge in [0.15, 0.2) is 23.9 Å². The van der Waals surface area contributed by atoms with Crippen LogP contribution >= 0.6 is 11.6 Å². The molecule has 5 N–H and O–H groups in total. The number of anilines is 3. The van der Waals surface area contributed by atoms with Crippen molar-refractivity contribution >= 4 is 41.0 Å². The van der Waals surface area contributed by atoms with E-state index < -0.39 is 0 Å². The Bertz CT molecular complexity index is 1460. The molecule has 2 aromatic heterocycles. The number of benzene rings is 2. The van der Waals surface area contributed by atoms with E-state index in [1.54, 1.807) is 54.5 Å². The zero-order valence-electron chi connectivity index (χ0n) is 21.0. The number of nitrogen functional groups attached to an aromatic ring is 1. The zero-order valence-corrected chi connectivity index (χ0v) is 21.8. The van der Waals surface area contributed by atoms with Crippen LogP contribution in [0.25, 0.3) is 11.4 Å². The van der Waals surface area contributed by atoms with Gasteiger partial charge in [-0.1, -0.05) is 17.7 Å². The normalized spacial score (nSPS) is 11.5. The first-order valence-electron chi connectivity index (χ1n) is 11.6. The number of nitrogens with one attached hydrogen (secondary N) is 3. The quantitative estimate of drug-likeness (QED) is 0.175. The highest BCUT2D eigenvalue weighted by Crippen LogP contribution is 2.34. The van der Waals surface area contributed by atoms with Crippen molar-refractivity contribution in [1.82, 2.24) is 25.1 Å². The highest BCUT2D eigenvalue weighted by molar-refractivity contribution is 6.36. The van der Waals surface area contributed by atoms with Crippen LogP contribution in [0.2, 0.25) is 5.02 Å². The molecule has 1 unspecified atom stereocenters. The number of methoxy groups -OCH3 is 1. The van der Waals surface area contributed by atoms with E-state index in [0.29, 0.717) is 50.8 Å². The smallest absolute Gasteiger partial charge is 0.258 e. The van der Waals surface area contributed by atoms with Crippen molar-refractivity contribution in [3.05, 3.63) is 71.0 Å². The number of ether oxygens (including phenoxy) is 2. The Morgan fingerprint density at radius 3 is 2.79 bits per heavy atom. The summed E-state index contributed by atoms with van der Waals surface area (Å²) in [5, 5.41) is 18.3. The van der Waals surface area contributed by atoms with Gasteiger partial charge >= 0.3 is 0 Å². The lowest BCUT2D eigenvalue weighted by molar-refractivity contribution is -0.123. The van der Waals surface area contributed by atoms with E-state index in [4.69, 9.17) is 32.2 Å². The number of amides is 1. The minimum absolute atomic E-state index is 0.184. The van der Waals surface area contributed by atoms with Gasteiger partial charge in [-0.2, -0.15) is 4.98 Å². The molecule has 1 amide bonds. The number of rotatable bonds is 10. The third kappa shape index (κ3) is 5.84.